The highest BCUT2D eigenvalue weighted by Crippen LogP contribution is 2.01. The van der Waals surface area contributed by atoms with Crippen molar-refractivity contribution in [3.8, 4) is 0 Å². The van der Waals surface area contributed by atoms with E-state index < -0.39 is 5.97 Å². The standard InChI is InChI=1S/C14H20N2O3/c17-13(11-15-10-8-14(18)19)16-9-4-7-12-5-2-1-3-6-12/h1-3,5-6,15H,4,7-11H2,(H,16,17)(H,18,19). The Morgan fingerprint density at radius 1 is 1.11 bits per heavy atom. The summed E-state index contributed by atoms with van der Waals surface area (Å²) in [6, 6.07) is 10.1. The second-order valence-corrected chi connectivity index (χ2v) is 4.26. The van der Waals surface area contributed by atoms with Gasteiger partial charge in [-0.25, -0.2) is 0 Å². The van der Waals surface area contributed by atoms with Crippen LogP contribution in [0, 0.1) is 0 Å². The Balaban J connectivity index is 2.00. The average molecular weight is 264 g/mol. The van der Waals surface area contributed by atoms with Crippen molar-refractivity contribution < 1.29 is 14.7 Å². The minimum absolute atomic E-state index is 0.0291. The number of benzene rings is 1. The minimum Gasteiger partial charge on any atom is -0.481 e. The highest BCUT2D eigenvalue weighted by Gasteiger charge is 2.01. The number of hydrogen-bond donors (Lipinski definition) is 3. The fourth-order valence-electron chi connectivity index (χ4n) is 1.62. The van der Waals surface area contributed by atoms with Gasteiger partial charge in [0.2, 0.25) is 5.91 Å². The molecule has 0 saturated carbocycles. The summed E-state index contributed by atoms with van der Waals surface area (Å²) in [4.78, 5) is 21.6. The second kappa shape index (κ2) is 9.10. The molecule has 1 aromatic carbocycles. The topological polar surface area (TPSA) is 78.4 Å². The summed E-state index contributed by atoms with van der Waals surface area (Å²) in [5.74, 6) is -0.964. The molecule has 0 fully saturated rings. The van der Waals surface area contributed by atoms with Crippen LogP contribution in [0.5, 0.6) is 0 Å². The molecule has 0 heterocycles. The Morgan fingerprint density at radius 3 is 2.53 bits per heavy atom. The van der Waals surface area contributed by atoms with Crippen LogP contribution in [-0.4, -0.2) is 36.6 Å². The predicted octanol–water partition coefficient (Wildman–Crippen LogP) is 0.800. The van der Waals surface area contributed by atoms with Crippen molar-refractivity contribution in [2.24, 2.45) is 0 Å². The molecule has 0 radical (unpaired) electrons. The van der Waals surface area contributed by atoms with Crippen molar-refractivity contribution in [1.82, 2.24) is 10.6 Å². The number of carbonyl (C=O) groups is 2. The maximum Gasteiger partial charge on any atom is 0.304 e. The number of rotatable bonds is 9. The number of carboxylic acids is 1. The van der Waals surface area contributed by atoms with E-state index >= 15 is 0 Å². The molecule has 1 aromatic rings. The molecule has 0 aromatic heterocycles. The van der Waals surface area contributed by atoms with Gasteiger partial charge in [0.1, 0.15) is 0 Å². The lowest BCUT2D eigenvalue weighted by Crippen LogP contribution is -2.35. The van der Waals surface area contributed by atoms with Crippen LogP contribution in [0.15, 0.2) is 30.3 Å². The van der Waals surface area contributed by atoms with Gasteiger partial charge in [0, 0.05) is 13.1 Å². The van der Waals surface area contributed by atoms with E-state index in [0.717, 1.165) is 12.8 Å². The number of carbonyl (C=O) groups excluding carboxylic acids is 1. The Kier molecular flexibility index (Phi) is 7.27. The zero-order valence-corrected chi connectivity index (χ0v) is 10.9. The molecule has 0 aliphatic rings. The molecule has 1 amide bonds. The summed E-state index contributed by atoms with van der Waals surface area (Å²) >= 11 is 0. The first-order chi connectivity index (χ1) is 9.18. The van der Waals surface area contributed by atoms with Gasteiger partial charge in [0.05, 0.1) is 13.0 Å². The molecule has 19 heavy (non-hydrogen) atoms. The van der Waals surface area contributed by atoms with E-state index in [1.165, 1.54) is 5.56 Å². The summed E-state index contributed by atoms with van der Waals surface area (Å²) in [6.07, 6.45) is 1.86. The van der Waals surface area contributed by atoms with Gasteiger partial charge < -0.3 is 15.7 Å². The third-order valence-electron chi connectivity index (χ3n) is 2.61. The van der Waals surface area contributed by atoms with Crippen molar-refractivity contribution in [3.05, 3.63) is 35.9 Å². The largest absolute Gasteiger partial charge is 0.481 e. The molecule has 5 heteroatoms. The van der Waals surface area contributed by atoms with Crippen LogP contribution in [-0.2, 0) is 16.0 Å². The molecule has 0 aliphatic carbocycles. The van der Waals surface area contributed by atoms with Gasteiger partial charge in [-0.1, -0.05) is 30.3 Å². The number of hydrogen-bond acceptors (Lipinski definition) is 3. The molecule has 5 nitrogen and oxygen atoms in total. The van der Waals surface area contributed by atoms with Gasteiger partial charge in [-0.15, -0.1) is 0 Å². The second-order valence-electron chi connectivity index (χ2n) is 4.26. The van der Waals surface area contributed by atoms with Crippen LogP contribution in [0.1, 0.15) is 18.4 Å². The summed E-state index contributed by atoms with van der Waals surface area (Å²) in [5, 5.41) is 14.0. The van der Waals surface area contributed by atoms with Crippen LogP contribution in [0.2, 0.25) is 0 Å². The van der Waals surface area contributed by atoms with E-state index in [1.807, 2.05) is 18.2 Å². The van der Waals surface area contributed by atoms with Crippen LogP contribution >= 0.6 is 0 Å². The Morgan fingerprint density at radius 2 is 1.84 bits per heavy atom. The lowest BCUT2D eigenvalue weighted by molar-refractivity contribution is -0.137. The fraction of sp³-hybridized carbons (Fsp3) is 0.429. The van der Waals surface area contributed by atoms with E-state index in [1.54, 1.807) is 0 Å². The quantitative estimate of drug-likeness (QED) is 0.576. The maximum absolute atomic E-state index is 11.4. The highest BCUT2D eigenvalue weighted by molar-refractivity contribution is 5.78. The Bertz CT molecular complexity index is 393. The summed E-state index contributed by atoms with van der Waals surface area (Å²) < 4.78 is 0. The van der Waals surface area contributed by atoms with Gasteiger partial charge >= 0.3 is 5.97 Å². The van der Waals surface area contributed by atoms with Crippen molar-refractivity contribution in [2.75, 3.05) is 19.6 Å². The van der Waals surface area contributed by atoms with E-state index in [0.29, 0.717) is 13.1 Å². The predicted molar refractivity (Wildman–Crippen MR) is 72.9 cm³/mol. The summed E-state index contributed by atoms with van der Waals surface area (Å²) in [6.45, 7) is 1.11. The number of nitrogens with one attached hydrogen (secondary N) is 2. The molecule has 3 N–H and O–H groups in total. The first-order valence-electron chi connectivity index (χ1n) is 6.41. The monoisotopic (exact) mass is 264 g/mol. The van der Waals surface area contributed by atoms with Crippen molar-refractivity contribution in [1.29, 1.82) is 0 Å². The van der Waals surface area contributed by atoms with Crippen LogP contribution in [0.4, 0.5) is 0 Å². The zero-order chi connectivity index (χ0) is 13.9. The third-order valence-corrected chi connectivity index (χ3v) is 2.61. The normalized spacial score (nSPS) is 10.1. The first-order valence-corrected chi connectivity index (χ1v) is 6.41. The number of amides is 1. The summed E-state index contributed by atoms with van der Waals surface area (Å²) in [7, 11) is 0. The number of aryl methyl sites for hydroxylation is 1. The van der Waals surface area contributed by atoms with E-state index in [-0.39, 0.29) is 18.9 Å². The molecule has 0 aliphatic heterocycles. The number of aliphatic carboxylic acids is 1. The van der Waals surface area contributed by atoms with Crippen LogP contribution in [0.25, 0.3) is 0 Å². The maximum atomic E-state index is 11.4. The molecule has 0 saturated heterocycles. The third kappa shape index (κ3) is 7.94. The van der Waals surface area contributed by atoms with Gasteiger partial charge in [-0.3, -0.25) is 9.59 Å². The van der Waals surface area contributed by atoms with Crippen molar-refractivity contribution in [3.63, 3.8) is 0 Å². The lowest BCUT2D eigenvalue weighted by Gasteiger charge is -2.06. The molecule has 0 atom stereocenters. The molecule has 1 rings (SSSR count). The average Bonchev–Trinajstić information content (AvgIpc) is 2.41. The minimum atomic E-state index is -0.865. The first kappa shape index (κ1) is 15.2. The fourth-order valence-corrected chi connectivity index (χ4v) is 1.62. The van der Waals surface area contributed by atoms with Gasteiger partial charge in [-0.2, -0.15) is 0 Å². The van der Waals surface area contributed by atoms with Crippen LogP contribution in [0.3, 0.4) is 0 Å². The Hall–Kier alpha value is -1.88. The van der Waals surface area contributed by atoms with Crippen molar-refractivity contribution in [2.45, 2.75) is 19.3 Å². The van der Waals surface area contributed by atoms with Gasteiger partial charge in [-0.05, 0) is 18.4 Å². The summed E-state index contributed by atoms with van der Waals surface area (Å²) in [5.41, 5.74) is 1.26. The van der Waals surface area contributed by atoms with Gasteiger partial charge in [0.15, 0.2) is 0 Å². The zero-order valence-electron chi connectivity index (χ0n) is 10.9. The smallest absolute Gasteiger partial charge is 0.304 e. The highest BCUT2D eigenvalue weighted by atomic mass is 16.4. The molecular formula is C14H20N2O3. The van der Waals surface area contributed by atoms with E-state index in [9.17, 15) is 9.59 Å². The Labute approximate surface area is 113 Å². The van der Waals surface area contributed by atoms with Crippen molar-refractivity contribution >= 4 is 11.9 Å². The molecular weight excluding hydrogens is 244 g/mol. The van der Waals surface area contributed by atoms with E-state index in [2.05, 4.69) is 22.8 Å². The SMILES string of the molecule is O=C(O)CCNCC(=O)NCCCc1ccccc1. The van der Waals surface area contributed by atoms with Gasteiger partial charge in [0.25, 0.3) is 0 Å². The molecule has 0 bridgehead atoms. The van der Waals surface area contributed by atoms with Crippen LogP contribution < -0.4 is 10.6 Å². The molecule has 0 spiro atoms. The van der Waals surface area contributed by atoms with E-state index in [4.69, 9.17) is 5.11 Å². The molecule has 104 valence electrons. The lowest BCUT2D eigenvalue weighted by atomic mass is 10.1. The molecule has 0 unspecified atom stereocenters. The number of carboxylic acid groups (broad SMARTS) is 1.